The van der Waals surface area contributed by atoms with Crippen LogP contribution >= 0.6 is 0 Å². The summed E-state index contributed by atoms with van der Waals surface area (Å²) in [5.41, 5.74) is 4.40. The van der Waals surface area contributed by atoms with E-state index in [9.17, 15) is 19.5 Å². The number of carboxylic acid groups (broad SMARTS) is 1. The number of carboxylic acids is 1. The third-order valence-electron chi connectivity index (χ3n) is 2.87. The molecule has 1 heterocycles. The predicted octanol–water partition coefficient (Wildman–Crippen LogP) is 0.572. The van der Waals surface area contributed by atoms with Crippen molar-refractivity contribution in [2.45, 2.75) is 45.3 Å². The Labute approximate surface area is 111 Å². The van der Waals surface area contributed by atoms with Gasteiger partial charge in [-0.15, -0.1) is 0 Å². The van der Waals surface area contributed by atoms with Crippen molar-refractivity contribution >= 4 is 18.0 Å². The van der Waals surface area contributed by atoms with Crippen LogP contribution in [0.2, 0.25) is 0 Å². The average Bonchev–Trinajstić information content (AvgIpc) is 2.57. The van der Waals surface area contributed by atoms with Crippen LogP contribution in [-0.4, -0.2) is 46.2 Å². The fourth-order valence-corrected chi connectivity index (χ4v) is 2.19. The number of hydrogen-bond acceptors (Lipinski definition) is 4. The Morgan fingerprint density at radius 1 is 1.37 bits per heavy atom. The fraction of sp³-hybridized carbons (Fsp3) is 0.750. The van der Waals surface area contributed by atoms with E-state index in [1.807, 2.05) is 0 Å². The maximum Gasteiger partial charge on any atom is 0.411 e. The molecule has 0 aromatic heterocycles. The number of nitrogens with two attached hydrogens (primary N) is 1. The summed E-state index contributed by atoms with van der Waals surface area (Å²) in [6, 6.07) is -1.05. The van der Waals surface area contributed by atoms with E-state index in [1.54, 1.807) is 20.8 Å². The zero-order valence-electron chi connectivity index (χ0n) is 11.4. The van der Waals surface area contributed by atoms with Crippen molar-refractivity contribution in [2.24, 2.45) is 11.7 Å². The summed E-state index contributed by atoms with van der Waals surface area (Å²) in [6.45, 7) is 5.37. The van der Waals surface area contributed by atoms with Gasteiger partial charge in [-0.05, 0) is 27.2 Å². The third-order valence-corrected chi connectivity index (χ3v) is 2.87. The lowest BCUT2D eigenvalue weighted by Gasteiger charge is -2.28. The molecule has 0 spiro atoms. The van der Waals surface area contributed by atoms with Crippen molar-refractivity contribution in [1.29, 1.82) is 0 Å². The minimum absolute atomic E-state index is 0.0454. The van der Waals surface area contributed by atoms with Crippen LogP contribution < -0.4 is 5.73 Å². The highest BCUT2D eigenvalue weighted by atomic mass is 16.6. The number of aliphatic carboxylic acids is 1. The summed E-state index contributed by atoms with van der Waals surface area (Å²) in [6.07, 6.45) is -0.290. The van der Waals surface area contributed by atoms with Crippen molar-refractivity contribution in [3.63, 3.8) is 0 Å². The van der Waals surface area contributed by atoms with E-state index in [0.717, 1.165) is 4.90 Å². The number of hydrogen-bond donors (Lipinski definition) is 2. The van der Waals surface area contributed by atoms with Crippen LogP contribution in [0.1, 0.15) is 33.6 Å². The molecule has 19 heavy (non-hydrogen) atoms. The zero-order valence-corrected chi connectivity index (χ0v) is 11.4. The first kappa shape index (κ1) is 15.3. The first-order valence-corrected chi connectivity index (χ1v) is 6.12. The van der Waals surface area contributed by atoms with E-state index >= 15 is 0 Å². The summed E-state index contributed by atoms with van der Waals surface area (Å²) in [7, 11) is 0. The number of amides is 2. The van der Waals surface area contributed by atoms with Gasteiger partial charge in [0.25, 0.3) is 0 Å². The Morgan fingerprint density at radius 2 is 1.95 bits per heavy atom. The van der Waals surface area contributed by atoms with Gasteiger partial charge in [0.2, 0.25) is 5.91 Å². The number of nitrogens with zero attached hydrogens (tertiary/aromatic N) is 1. The topological polar surface area (TPSA) is 110 Å². The highest BCUT2D eigenvalue weighted by Crippen LogP contribution is 2.28. The molecule has 0 bridgehead atoms. The molecule has 3 N–H and O–H groups in total. The standard InChI is InChI=1S/C12H20N2O5/c1-12(2,3)19-11(18)14-5-4-7(6-8(13)15)9(14)10(16)17/h7,9H,4-6H2,1-3H3,(H2,13,15)(H,16,17)/t7-,9-/m0/s1. The molecule has 0 radical (unpaired) electrons. The van der Waals surface area contributed by atoms with Gasteiger partial charge < -0.3 is 15.6 Å². The number of likely N-dealkylation sites (tertiary alicyclic amines) is 1. The molecule has 0 aromatic carbocycles. The van der Waals surface area contributed by atoms with Crippen molar-refractivity contribution in [1.82, 2.24) is 4.90 Å². The molecule has 2 amide bonds. The molecule has 2 atom stereocenters. The van der Waals surface area contributed by atoms with E-state index in [1.165, 1.54) is 0 Å². The monoisotopic (exact) mass is 272 g/mol. The van der Waals surface area contributed by atoms with Crippen molar-refractivity contribution in [3.8, 4) is 0 Å². The molecule has 7 heteroatoms. The molecule has 1 fully saturated rings. The second kappa shape index (κ2) is 5.46. The van der Waals surface area contributed by atoms with Gasteiger partial charge in [0.1, 0.15) is 11.6 Å². The normalized spacial score (nSPS) is 23.2. The van der Waals surface area contributed by atoms with Crippen molar-refractivity contribution < 1.29 is 24.2 Å². The summed E-state index contributed by atoms with van der Waals surface area (Å²) in [5, 5.41) is 9.21. The van der Waals surface area contributed by atoms with Gasteiger partial charge in [0.05, 0.1) is 0 Å². The largest absolute Gasteiger partial charge is 0.480 e. The van der Waals surface area contributed by atoms with E-state index in [2.05, 4.69) is 0 Å². The van der Waals surface area contributed by atoms with E-state index in [0.29, 0.717) is 6.42 Å². The quantitative estimate of drug-likeness (QED) is 0.780. The van der Waals surface area contributed by atoms with Crippen LogP contribution in [0, 0.1) is 5.92 Å². The van der Waals surface area contributed by atoms with E-state index < -0.39 is 35.5 Å². The van der Waals surface area contributed by atoms with Gasteiger partial charge in [0, 0.05) is 18.9 Å². The van der Waals surface area contributed by atoms with Gasteiger partial charge >= 0.3 is 12.1 Å². The molecule has 108 valence electrons. The third kappa shape index (κ3) is 4.11. The van der Waals surface area contributed by atoms with Crippen LogP contribution in [-0.2, 0) is 14.3 Å². The Morgan fingerprint density at radius 3 is 2.37 bits per heavy atom. The molecule has 0 aliphatic carbocycles. The Hall–Kier alpha value is -1.79. The molecular formula is C12H20N2O5. The molecule has 1 aliphatic heterocycles. The van der Waals surface area contributed by atoms with Gasteiger partial charge in [-0.1, -0.05) is 0 Å². The molecule has 7 nitrogen and oxygen atoms in total. The highest BCUT2D eigenvalue weighted by molar-refractivity contribution is 5.83. The Balaban J connectivity index is 2.81. The maximum absolute atomic E-state index is 11.9. The minimum Gasteiger partial charge on any atom is -0.480 e. The molecule has 0 aromatic rings. The minimum atomic E-state index is -1.14. The lowest BCUT2D eigenvalue weighted by atomic mass is 9.96. The molecule has 1 saturated heterocycles. The van der Waals surface area contributed by atoms with Crippen LogP contribution in [0.3, 0.4) is 0 Å². The lowest BCUT2D eigenvalue weighted by Crippen LogP contribution is -2.46. The maximum atomic E-state index is 11.9. The van der Waals surface area contributed by atoms with E-state index in [-0.39, 0.29) is 13.0 Å². The lowest BCUT2D eigenvalue weighted by molar-refractivity contribution is -0.143. The average molecular weight is 272 g/mol. The predicted molar refractivity (Wildman–Crippen MR) is 66.3 cm³/mol. The SMILES string of the molecule is CC(C)(C)OC(=O)N1CC[C@@H](CC(N)=O)[C@H]1C(=O)O. The van der Waals surface area contributed by atoms with Crippen LogP contribution in [0.5, 0.6) is 0 Å². The number of carbonyl (C=O) groups is 3. The summed E-state index contributed by atoms with van der Waals surface area (Å²) in [4.78, 5) is 35.3. The number of primary amides is 1. The van der Waals surface area contributed by atoms with Crippen molar-refractivity contribution in [3.05, 3.63) is 0 Å². The van der Waals surface area contributed by atoms with Gasteiger partial charge in [-0.2, -0.15) is 0 Å². The summed E-state index contributed by atoms with van der Waals surface area (Å²) >= 11 is 0. The number of ether oxygens (including phenoxy) is 1. The second-order valence-corrected chi connectivity index (χ2v) is 5.68. The summed E-state index contributed by atoms with van der Waals surface area (Å²) in [5.74, 6) is -2.17. The second-order valence-electron chi connectivity index (χ2n) is 5.68. The first-order chi connectivity index (χ1) is 8.61. The molecular weight excluding hydrogens is 252 g/mol. The Bertz CT molecular complexity index is 388. The van der Waals surface area contributed by atoms with Gasteiger partial charge in [0.15, 0.2) is 0 Å². The zero-order chi connectivity index (χ0) is 14.8. The summed E-state index contributed by atoms with van der Waals surface area (Å²) < 4.78 is 5.16. The highest BCUT2D eigenvalue weighted by Gasteiger charge is 2.43. The van der Waals surface area contributed by atoms with Crippen molar-refractivity contribution in [2.75, 3.05) is 6.54 Å². The van der Waals surface area contributed by atoms with Crippen LogP contribution in [0.4, 0.5) is 4.79 Å². The molecule has 0 unspecified atom stereocenters. The smallest absolute Gasteiger partial charge is 0.411 e. The first-order valence-electron chi connectivity index (χ1n) is 6.12. The Kier molecular flexibility index (Phi) is 4.39. The van der Waals surface area contributed by atoms with E-state index in [4.69, 9.17) is 10.5 Å². The number of rotatable bonds is 3. The molecule has 1 aliphatic rings. The number of carbonyl (C=O) groups excluding carboxylic acids is 2. The van der Waals surface area contributed by atoms with Crippen LogP contribution in [0.15, 0.2) is 0 Å². The van der Waals surface area contributed by atoms with Gasteiger partial charge in [-0.25, -0.2) is 9.59 Å². The molecule has 1 rings (SSSR count). The van der Waals surface area contributed by atoms with Crippen LogP contribution in [0.25, 0.3) is 0 Å². The molecule has 0 saturated carbocycles. The fourth-order valence-electron chi connectivity index (χ4n) is 2.19. The van der Waals surface area contributed by atoms with Gasteiger partial charge in [-0.3, -0.25) is 9.69 Å².